The summed E-state index contributed by atoms with van der Waals surface area (Å²) in [5.41, 5.74) is 2.76. The highest BCUT2D eigenvalue weighted by Crippen LogP contribution is 2.23. The van der Waals surface area contributed by atoms with Gasteiger partial charge in [0.2, 0.25) is 0 Å². The molecule has 0 N–H and O–H groups in total. The molecule has 26 heavy (non-hydrogen) atoms. The Morgan fingerprint density at radius 2 is 1.58 bits per heavy atom. The first-order valence-corrected chi connectivity index (χ1v) is 9.78. The Bertz CT molecular complexity index is 666. The van der Waals surface area contributed by atoms with Gasteiger partial charge in [0.1, 0.15) is 11.9 Å². The zero-order valence-corrected chi connectivity index (χ0v) is 16.2. The van der Waals surface area contributed by atoms with Gasteiger partial charge in [0.25, 0.3) is 0 Å². The molecule has 4 nitrogen and oxygen atoms in total. The molecule has 0 aliphatic heterocycles. The number of aryl methyl sites for hydroxylation is 2. The quantitative estimate of drug-likeness (QED) is 0.531. The zero-order chi connectivity index (χ0) is 18.8. The second-order valence-electron chi connectivity index (χ2n) is 6.64. The van der Waals surface area contributed by atoms with E-state index in [9.17, 15) is 4.79 Å². The number of aromatic nitrogens is 2. The number of benzene rings is 1. The maximum Gasteiger partial charge on any atom is 0.341 e. The highest BCUT2D eigenvalue weighted by atomic mass is 16.5. The number of esters is 1. The molecule has 2 rings (SSSR count). The number of rotatable bonds is 10. The van der Waals surface area contributed by atoms with Crippen LogP contribution in [0, 0.1) is 0 Å². The van der Waals surface area contributed by atoms with Gasteiger partial charge in [0, 0.05) is 18.8 Å². The minimum Gasteiger partial charge on any atom is -0.454 e. The zero-order valence-electron chi connectivity index (χ0n) is 16.2. The number of hydrogen-bond acceptors (Lipinski definition) is 4. The van der Waals surface area contributed by atoms with Gasteiger partial charge in [-0.25, -0.2) is 14.8 Å². The summed E-state index contributed by atoms with van der Waals surface area (Å²) in [6.07, 6.45) is 10.1. The summed E-state index contributed by atoms with van der Waals surface area (Å²) in [4.78, 5) is 21.0. The van der Waals surface area contributed by atoms with Crippen molar-refractivity contribution in [2.75, 3.05) is 0 Å². The fraction of sp³-hybridized carbons (Fsp3) is 0.500. The fourth-order valence-electron chi connectivity index (χ4n) is 2.79. The molecule has 0 radical (unpaired) electrons. The van der Waals surface area contributed by atoms with Gasteiger partial charge in [-0.15, -0.1) is 0 Å². The van der Waals surface area contributed by atoms with Crippen LogP contribution >= 0.6 is 0 Å². The Morgan fingerprint density at radius 1 is 0.962 bits per heavy atom. The molecule has 1 aromatic heterocycles. The van der Waals surface area contributed by atoms with Crippen LogP contribution in [-0.4, -0.2) is 15.9 Å². The van der Waals surface area contributed by atoms with E-state index in [1.165, 1.54) is 18.4 Å². The normalized spacial score (nSPS) is 12.0. The lowest BCUT2D eigenvalue weighted by Gasteiger charge is -2.17. The molecule has 1 unspecified atom stereocenters. The molecule has 0 fully saturated rings. The minimum absolute atomic E-state index is 0.248. The Labute approximate surface area is 157 Å². The number of hydrogen-bond donors (Lipinski definition) is 0. The monoisotopic (exact) mass is 354 g/mol. The van der Waals surface area contributed by atoms with Gasteiger partial charge in [0.05, 0.1) is 5.56 Å². The van der Waals surface area contributed by atoms with Crippen molar-refractivity contribution in [3.8, 4) is 0 Å². The van der Waals surface area contributed by atoms with Gasteiger partial charge in [-0.3, -0.25) is 0 Å². The molecule has 0 spiro atoms. The molecule has 1 aromatic carbocycles. The van der Waals surface area contributed by atoms with Gasteiger partial charge in [-0.2, -0.15) is 0 Å². The molecule has 2 aromatic rings. The van der Waals surface area contributed by atoms with Crippen LogP contribution in [0.1, 0.15) is 86.3 Å². The average molecular weight is 354 g/mol. The maximum absolute atomic E-state index is 12.4. The van der Waals surface area contributed by atoms with Gasteiger partial charge < -0.3 is 4.74 Å². The van der Waals surface area contributed by atoms with Gasteiger partial charge in [-0.05, 0) is 36.8 Å². The highest BCUT2D eigenvalue weighted by Gasteiger charge is 2.17. The van der Waals surface area contributed by atoms with Crippen molar-refractivity contribution in [3.63, 3.8) is 0 Å². The predicted molar refractivity (Wildman–Crippen MR) is 104 cm³/mol. The van der Waals surface area contributed by atoms with Crippen molar-refractivity contribution in [2.45, 2.75) is 71.8 Å². The molecular weight excluding hydrogens is 324 g/mol. The van der Waals surface area contributed by atoms with Crippen molar-refractivity contribution in [3.05, 3.63) is 59.2 Å². The fourth-order valence-corrected chi connectivity index (χ4v) is 2.79. The largest absolute Gasteiger partial charge is 0.454 e. The first kappa shape index (κ1) is 20.1. The van der Waals surface area contributed by atoms with E-state index in [2.05, 4.69) is 48.1 Å². The summed E-state index contributed by atoms with van der Waals surface area (Å²) in [6.45, 7) is 6.35. The molecule has 1 heterocycles. The molecule has 0 amide bonds. The summed E-state index contributed by atoms with van der Waals surface area (Å²) in [5, 5.41) is 0. The third-order valence-electron chi connectivity index (χ3n) is 4.49. The van der Waals surface area contributed by atoms with Gasteiger partial charge in [-0.1, -0.05) is 57.9 Å². The van der Waals surface area contributed by atoms with Crippen LogP contribution in [0.3, 0.4) is 0 Å². The SMILES string of the molecule is CCCCc1ccc(C(CC)OC(=O)c2cnc(CCCC)nc2)cc1. The first-order chi connectivity index (χ1) is 12.7. The topological polar surface area (TPSA) is 52.1 Å². The van der Waals surface area contributed by atoms with Crippen LogP contribution in [0.25, 0.3) is 0 Å². The Hall–Kier alpha value is -2.23. The van der Waals surface area contributed by atoms with Crippen molar-refractivity contribution in [2.24, 2.45) is 0 Å². The molecule has 1 atom stereocenters. The highest BCUT2D eigenvalue weighted by molar-refractivity contribution is 5.88. The molecule has 4 heteroatoms. The van der Waals surface area contributed by atoms with E-state index in [4.69, 9.17) is 4.74 Å². The van der Waals surface area contributed by atoms with Crippen molar-refractivity contribution in [1.29, 1.82) is 0 Å². The Balaban J connectivity index is 1.98. The molecular formula is C22H30N2O2. The first-order valence-electron chi connectivity index (χ1n) is 9.78. The van der Waals surface area contributed by atoms with Crippen molar-refractivity contribution >= 4 is 5.97 Å². The molecule has 0 saturated heterocycles. The van der Waals surface area contributed by atoms with Crippen LogP contribution in [-0.2, 0) is 17.6 Å². The van der Waals surface area contributed by atoms with Gasteiger partial charge >= 0.3 is 5.97 Å². The third kappa shape index (κ3) is 5.94. The maximum atomic E-state index is 12.4. The van der Waals surface area contributed by atoms with E-state index in [1.54, 1.807) is 12.4 Å². The standard InChI is InChI=1S/C22H30N2O2/c1-4-7-9-17-11-13-18(14-12-17)20(6-3)26-22(25)19-15-23-21(24-16-19)10-8-5-2/h11-16,20H,4-10H2,1-3H3. The second kappa shape index (κ2) is 10.7. The predicted octanol–water partition coefficient (Wildman–Crippen LogP) is 5.47. The van der Waals surface area contributed by atoms with Crippen LogP contribution in [0.2, 0.25) is 0 Å². The van der Waals surface area contributed by atoms with Crippen molar-refractivity contribution < 1.29 is 9.53 Å². The van der Waals surface area contributed by atoms with E-state index in [0.717, 1.165) is 43.5 Å². The van der Waals surface area contributed by atoms with Crippen LogP contribution in [0.15, 0.2) is 36.7 Å². The lowest BCUT2D eigenvalue weighted by atomic mass is 10.0. The number of nitrogens with zero attached hydrogens (tertiary/aromatic N) is 2. The van der Waals surface area contributed by atoms with E-state index in [-0.39, 0.29) is 12.1 Å². The van der Waals surface area contributed by atoms with Crippen LogP contribution < -0.4 is 0 Å². The second-order valence-corrected chi connectivity index (χ2v) is 6.64. The summed E-state index contributed by atoms with van der Waals surface area (Å²) in [6, 6.07) is 8.40. The number of carbonyl (C=O) groups excluding carboxylic acids is 1. The van der Waals surface area contributed by atoms with E-state index < -0.39 is 0 Å². The Morgan fingerprint density at radius 3 is 2.15 bits per heavy atom. The molecule has 0 bridgehead atoms. The third-order valence-corrected chi connectivity index (χ3v) is 4.49. The molecule has 0 saturated carbocycles. The van der Waals surface area contributed by atoms with E-state index in [0.29, 0.717) is 5.56 Å². The smallest absolute Gasteiger partial charge is 0.341 e. The van der Waals surface area contributed by atoms with E-state index in [1.807, 2.05) is 6.92 Å². The van der Waals surface area contributed by atoms with Crippen LogP contribution in [0.5, 0.6) is 0 Å². The lowest BCUT2D eigenvalue weighted by Crippen LogP contribution is -2.12. The van der Waals surface area contributed by atoms with Crippen LogP contribution in [0.4, 0.5) is 0 Å². The molecule has 140 valence electrons. The summed E-state index contributed by atoms with van der Waals surface area (Å²) in [5.74, 6) is 0.409. The lowest BCUT2D eigenvalue weighted by molar-refractivity contribution is 0.0287. The Kier molecular flexibility index (Phi) is 8.26. The average Bonchev–Trinajstić information content (AvgIpc) is 2.69. The number of carbonyl (C=O) groups is 1. The molecule has 0 aliphatic rings. The number of unbranched alkanes of at least 4 members (excludes halogenated alkanes) is 2. The summed E-state index contributed by atoms with van der Waals surface area (Å²) >= 11 is 0. The summed E-state index contributed by atoms with van der Waals surface area (Å²) in [7, 11) is 0. The molecule has 0 aliphatic carbocycles. The minimum atomic E-state index is -0.367. The van der Waals surface area contributed by atoms with E-state index >= 15 is 0 Å². The number of ether oxygens (including phenoxy) is 1. The van der Waals surface area contributed by atoms with Crippen molar-refractivity contribution in [1.82, 2.24) is 9.97 Å². The van der Waals surface area contributed by atoms with Gasteiger partial charge in [0.15, 0.2) is 0 Å². The summed E-state index contributed by atoms with van der Waals surface area (Å²) < 4.78 is 5.69.